The zero-order valence-corrected chi connectivity index (χ0v) is 15.3. The van der Waals surface area contributed by atoms with Crippen molar-refractivity contribution in [2.45, 2.75) is 31.2 Å². The fourth-order valence-electron chi connectivity index (χ4n) is 4.00. The van der Waals surface area contributed by atoms with Gasteiger partial charge in [0.25, 0.3) is 0 Å². The van der Waals surface area contributed by atoms with E-state index >= 15 is 0 Å². The minimum Gasteiger partial charge on any atom is -0.494 e. The van der Waals surface area contributed by atoms with Gasteiger partial charge in [0.1, 0.15) is 17.3 Å². The molecule has 1 aromatic heterocycles. The first-order valence-corrected chi connectivity index (χ1v) is 8.75. The Kier molecular flexibility index (Phi) is 3.80. The molecule has 0 unspecified atom stereocenters. The number of benzene rings is 1. The Morgan fingerprint density at radius 3 is 2.72 bits per heavy atom. The maximum atomic E-state index is 5.70. The molecule has 25 heavy (non-hydrogen) atoms. The van der Waals surface area contributed by atoms with Gasteiger partial charge in [-0.15, -0.1) is 0 Å². The van der Waals surface area contributed by atoms with Crippen molar-refractivity contribution in [3.63, 3.8) is 0 Å². The largest absolute Gasteiger partial charge is 0.494 e. The summed E-state index contributed by atoms with van der Waals surface area (Å²) in [4.78, 5) is 6.99. The third-order valence-electron chi connectivity index (χ3n) is 5.32. The van der Waals surface area contributed by atoms with Crippen LogP contribution in [0.2, 0.25) is 0 Å². The van der Waals surface area contributed by atoms with Gasteiger partial charge in [-0.05, 0) is 44.6 Å². The predicted octanol–water partition coefficient (Wildman–Crippen LogP) is 2.63. The van der Waals surface area contributed by atoms with Crippen molar-refractivity contribution < 1.29 is 4.74 Å². The molecule has 0 radical (unpaired) electrons. The lowest BCUT2D eigenvalue weighted by Gasteiger charge is -2.40. The van der Waals surface area contributed by atoms with Gasteiger partial charge in [0.05, 0.1) is 24.4 Å². The summed E-state index contributed by atoms with van der Waals surface area (Å²) in [5.41, 5.74) is 4.48. The van der Waals surface area contributed by atoms with Gasteiger partial charge in [0.15, 0.2) is 0 Å². The van der Waals surface area contributed by atoms with Crippen LogP contribution in [0.4, 0.5) is 5.69 Å². The third kappa shape index (κ3) is 2.43. The second-order valence-electron chi connectivity index (χ2n) is 7.22. The van der Waals surface area contributed by atoms with Crippen LogP contribution in [0.1, 0.15) is 30.4 Å². The van der Waals surface area contributed by atoms with E-state index in [9.17, 15) is 0 Å². The highest BCUT2D eigenvalue weighted by Crippen LogP contribution is 2.53. The molecule has 1 N–H and O–H groups in total. The van der Waals surface area contributed by atoms with Gasteiger partial charge < -0.3 is 15.0 Å². The molecule has 1 spiro atoms. The number of amidine groups is 1. The van der Waals surface area contributed by atoms with Crippen molar-refractivity contribution in [2.75, 3.05) is 28.3 Å². The molecule has 2 aromatic rings. The molecule has 4 rings (SSSR count). The number of ether oxygens (including phenoxy) is 1. The Bertz CT molecular complexity index is 832. The summed E-state index contributed by atoms with van der Waals surface area (Å²) in [5, 5.41) is 7.84. The van der Waals surface area contributed by atoms with Crippen LogP contribution in [0.15, 0.2) is 29.5 Å². The van der Waals surface area contributed by atoms with Crippen LogP contribution in [0.25, 0.3) is 5.69 Å². The number of nitrogens with one attached hydrogen (secondary N) is 1. The van der Waals surface area contributed by atoms with E-state index in [0.717, 1.165) is 42.3 Å². The lowest BCUT2D eigenvalue weighted by atomic mass is 9.64. The summed E-state index contributed by atoms with van der Waals surface area (Å²) in [5.74, 6) is 1.93. The van der Waals surface area contributed by atoms with Crippen LogP contribution < -0.4 is 10.1 Å². The van der Waals surface area contributed by atoms with Gasteiger partial charge in [-0.3, -0.25) is 0 Å². The molecule has 1 aromatic carbocycles. The number of nitrogens with zero attached hydrogens (tertiary/aromatic N) is 4. The minimum absolute atomic E-state index is 0.0656. The van der Waals surface area contributed by atoms with Crippen LogP contribution in [0.3, 0.4) is 0 Å². The first-order valence-electron chi connectivity index (χ1n) is 8.75. The summed E-state index contributed by atoms with van der Waals surface area (Å²) < 4.78 is 7.59. The fraction of sp³-hybridized carbons (Fsp3) is 0.474. The van der Waals surface area contributed by atoms with Crippen LogP contribution in [0.5, 0.6) is 5.75 Å². The zero-order valence-electron chi connectivity index (χ0n) is 15.3. The monoisotopic (exact) mass is 339 g/mol. The topological polar surface area (TPSA) is 54.7 Å². The number of hydrogen-bond donors (Lipinski definition) is 1. The molecule has 6 heteroatoms. The SMILES string of the molecule is CNC1=Nc2cc(-n3cc(CN(C)C)cn3)c(OC)cc2C12CCC2. The second kappa shape index (κ2) is 5.88. The van der Waals surface area contributed by atoms with Crippen LogP contribution in [-0.2, 0) is 12.0 Å². The number of methoxy groups -OCH3 is 1. The molecule has 1 fully saturated rings. The number of fused-ring (bicyclic) bond motifs is 2. The Morgan fingerprint density at radius 2 is 2.12 bits per heavy atom. The maximum absolute atomic E-state index is 5.70. The van der Waals surface area contributed by atoms with Crippen molar-refractivity contribution in [3.05, 3.63) is 35.7 Å². The van der Waals surface area contributed by atoms with E-state index in [4.69, 9.17) is 9.73 Å². The average molecular weight is 339 g/mol. The Hall–Kier alpha value is -2.34. The standard InChI is InChI=1S/C19H25N5O/c1-20-18-19(6-5-7-19)14-8-17(25-4)16(9-15(14)22-18)24-12-13(10-21-24)11-23(2)3/h8-10,12H,5-7,11H2,1-4H3,(H,20,22). The van der Waals surface area contributed by atoms with Gasteiger partial charge in [-0.1, -0.05) is 6.42 Å². The third-order valence-corrected chi connectivity index (χ3v) is 5.32. The van der Waals surface area contributed by atoms with Crippen molar-refractivity contribution in [2.24, 2.45) is 4.99 Å². The van der Waals surface area contributed by atoms with E-state index < -0.39 is 0 Å². The summed E-state index contributed by atoms with van der Waals surface area (Å²) in [6.07, 6.45) is 7.51. The Morgan fingerprint density at radius 1 is 1.32 bits per heavy atom. The molecule has 0 amide bonds. The van der Waals surface area contributed by atoms with E-state index in [1.807, 2.05) is 17.9 Å². The molecule has 1 saturated carbocycles. The minimum atomic E-state index is 0.0656. The highest BCUT2D eigenvalue weighted by Gasteiger charge is 2.48. The summed E-state index contributed by atoms with van der Waals surface area (Å²) in [6.45, 7) is 0.860. The maximum Gasteiger partial charge on any atom is 0.144 e. The lowest BCUT2D eigenvalue weighted by molar-refractivity contribution is 0.338. The molecule has 1 aliphatic heterocycles. The number of aromatic nitrogens is 2. The Labute approximate surface area is 148 Å². The van der Waals surface area contributed by atoms with Crippen LogP contribution in [-0.4, -0.2) is 48.8 Å². The van der Waals surface area contributed by atoms with E-state index in [0.29, 0.717) is 0 Å². The molecule has 0 atom stereocenters. The summed E-state index contributed by atoms with van der Waals surface area (Å²) in [6, 6.07) is 4.26. The number of hydrogen-bond acceptors (Lipinski definition) is 5. The van der Waals surface area contributed by atoms with Gasteiger partial charge in [0.2, 0.25) is 0 Å². The van der Waals surface area contributed by atoms with E-state index in [1.54, 1.807) is 7.11 Å². The molecule has 0 bridgehead atoms. The van der Waals surface area contributed by atoms with Gasteiger partial charge >= 0.3 is 0 Å². The smallest absolute Gasteiger partial charge is 0.144 e. The number of aliphatic imine (C=N–C) groups is 1. The van der Waals surface area contributed by atoms with E-state index in [2.05, 4.69) is 47.7 Å². The van der Waals surface area contributed by atoms with E-state index in [1.165, 1.54) is 17.5 Å². The molecule has 1 aliphatic carbocycles. The number of rotatable bonds is 4. The second-order valence-corrected chi connectivity index (χ2v) is 7.22. The van der Waals surface area contributed by atoms with Gasteiger partial charge in [0, 0.05) is 25.4 Å². The highest BCUT2D eigenvalue weighted by atomic mass is 16.5. The van der Waals surface area contributed by atoms with Crippen molar-refractivity contribution in [1.29, 1.82) is 0 Å². The average Bonchev–Trinajstić information content (AvgIpc) is 3.13. The normalized spacial score (nSPS) is 17.4. The first kappa shape index (κ1) is 16.1. The van der Waals surface area contributed by atoms with Crippen molar-refractivity contribution in [1.82, 2.24) is 20.0 Å². The zero-order chi connectivity index (χ0) is 17.6. The molecule has 132 valence electrons. The molecular weight excluding hydrogens is 314 g/mol. The van der Waals surface area contributed by atoms with E-state index in [-0.39, 0.29) is 5.41 Å². The number of likely N-dealkylation sites (N-methyl/N-ethyl adjacent to an activating group) is 1. The lowest BCUT2D eigenvalue weighted by Crippen LogP contribution is -2.45. The fourth-order valence-corrected chi connectivity index (χ4v) is 4.00. The van der Waals surface area contributed by atoms with Crippen LogP contribution >= 0.6 is 0 Å². The molecule has 6 nitrogen and oxygen atoms in total. The van der Waals surface area contributed by atoms with Gasteiger partial charge in [-0.2, -0.15) is 5.10 Å². The van der Waals surface area contributed by atoms with Crippen molar-refractivity contribution in [3.8, 4) is 11.4 Å². The van der Waals surface area contributed by atoms with Crippen molar-refractivity contribution >= 4 is 11.5 Å². The quantitative estimate of drug-likeness (QED) is 0.930. The highest BCUT2D eigenvalue weighted by molar-refractivity contribution is 6.01. The molecule has 2 aliphatic rings. The summed E-state index contributed by atoms with van der Waals surface area (Å²) >= 11 is 0. The summed E-state index contributed by atoms with van der Waals surface area (Å²) in [7, 11) is 7.79. The first-order chi connectivity index (χ1) is 12.1. The van der Waals surface area contributed by atoms with Crippen LogP contribution in [0, 0.1) is 0 Å². The molecule has 2 heterocycles. The van der Waals surface area contributed by atoms with Gasteiger partial charge in [-0.25, -0.2) is 9.67 Å². The Balaban J connectivity index is 1.78. The molecular formula is C19H25N5O. The molecule has 0 saturated heterocycles. The predicted molar refractivity (Wildman–Crippen MR) is 99.2 cm³/mol.